The number of anilines is 2. The number of nitrogens with zero attached hydrogens (tertiary/aromatic N) is 5. The summed E-state index contributed by atoms with van der Waals surface area (Å²) in [6.07, 6.45) is 2.78. The fourth-order valence-electron chi connectivity index (χ4n) is 3.51. The Morgan fingerprint density at radius 3 is 2.61 bits per heavy atom. The maximum absolute atomic E-state index is 12.8. The number of fused-ring (bicyclic) bond motifs is 1. The second-order valence-electron chi connectivity index (χ2n) is 7.71. The van der Waals surface area contributed by atoms with Crippen LogP contribution in [0.15, 0.2) is 36.8 Å². The Balaban J connectivity index is 1.38. The van der Waals surface area contributed by atoms with E-state index in [2.05, 4.69) is 30.2 Å². The first-order valence-electron chi connectivity index (χ1n) is 9.92. The van der Waals surface area contributed by atoms with Crippen molar-refractivity contribution in [2.45, 2.75) is 38.0 Å². The predicted molar refractivity (Wildman–Crippen MR) is 111 cm³/mol. The average molecular weight is 447 g/mol. The maximum atomic E-state index is 12.8. The Bertz CT molecular complexity index is 1120. The van der Waals surface area contributed by atoms with E-state index in [0.717, 1.165) is 42.8 Å². The summed E-state index contributed by atoms with van der Waals surface area (Å²) in [6.45, 7) is 1.30. The maximum Gasteiger partial charge on any atom is 0.417 e. The molecule has 1 fully saturated rings. The highest BCUT2D eigenvalue weighted by atomic mass is 35.5. The minimum absolute atomic E-state index is 0.326. The van der Waals surface area contributed by atoms with E-state index in [1.165, 1.54) is 12.3 Å². The van der Waals surface area contributed by atoms with Crippen molar-refractivity contribution in [3.05, 3.63) is 58.6 Å². The molecule has 0 aromatic carbocycles. The smallest absolute Gasteiger partial charge is 0.352 e. The molecule has 3 aromatic heterocycles. The topological polar surface area (TPSA) is 66.8 Å². The Kier molecular flexibility index (Phi) is 4.92. The van der Waals surface area contributed by atoms with Crippen LogP contribution >= 0.6 is 11.6 Å². The first-order chi connectivity index (χ1) is 14.9. The molecule has 4 heterocycles. The summed E-state index contributed by atoms with van der Waals surface area (Å²) in [5, 5.41) is 3.64. The van der Waals surface area contributed by atoms with Crippen LogP contribution in [-0.2, 0) is 19.1 Å². The van der Waals surface area contributed by atoms with Gasteiger partial charge in [-0.25, -0.2) is 15.0 Å². The van der Waals surface area contributed by atoms with Crippen LogP contribution in [0.1, 0.15) is 29.7 Å². The van der Waals surface area contributed by atoms with E-state index >= 15 is 0 Å². The summed E-state index contributed by atoms with van der Waals surface area (Å²) in [5.74, 6) is 1.35. The van der Waals surface area contributed by atoms with Crippen LogP contribution in [0.5, 0.6) is 0 Å². The van der Waals surface area contributed by atoms with Crippen molar-refractivity contribution < 1.29 is 13.2 Å². The monoisotopic (exact) mass is 446 g/mol. The fraction of sp³-hybridized carbons (Fsp3) is 0.333. The first kappa shape index (κ1) is 20.0. The molecule has 160 valence electrons. The van der Waals surface area contributed by atoms with Gasteiger partial charge in [-0.3, -0.25) is 4.98 Å². The predicted octanol–water partition coefficient (Wildman–Crippen LogP) is 4.74. The van der Waals surface area contributed by atoms with Crippen molar-refractivity contribution >= 4 is 23.4 Å². The highest BCUT2D eigenvalue weighted by Crippen LogP contribution is 2.33. The average Bonchev–Trinajstić information content (AvgIpc) is 3.57. The Morgan fingerprint density at radius 2 is 1.90 bits per heavy atom. The van der Waals surface area contributed by atoms with Crippen molar-refractivity contribution in [2.75, 3.05) is 16.8 Å². The van der Waals surface area contributed by atoms with Crippen molar-refractivity contribution in [3.63, 3.8) is 0 Å². The molecular weight excluding hydrogens is 429 g/mol. The van der Waals surface area contributed by atoms with Crippen LogP contribution in [-0.4, -0.2) is 32.5 Å². The van der Waals surface area contributed by atoms with Gasteiger partial charge in [0.1, 0.15) is 5.82 Å². The molecule has 2 aliphatic rings. The van der Waals surface area contributed by atoms with Gasteiger partial charge in [-0.1, -0.05) is 11.6 Å². The van der Waals surface area contributed by atoms with Crippen LogP contribution in [0.2, 0.25) is 5.02 Å². The van der Waals surface area contributed by atoms with Gasteiger partial charge in [0.05, 0.1) is 22.0 Å². The molecule has 0 amide bonds. The third-order valence-corrected chi connectivity index (χ3v) is 5.68. The molecule has 0 bridgehead atoms. The van der Waals surface area contributed by atoms with E-state index in [1.807, 2.05) is 6.20 Å². The van der Waals surface area contributed by atoms with Gasteiger partial charge in [0, 0.05) is 55.3 Å². The van der Waals surface area contributed by atoms with Crippen LogP contribution in [0, 0.1) is 0 Å². The number of alkyl halides is 3. The van der Waals surface area contributed by atoms with Crippen LogP contribution in [0.3, 0.4) is 0 Å². The van der Waals surface area contributed by atoms with Crippen LogP contribution in [0.25, 0.3) is 11.3 Å². The highest BCUT2D eigenvalue weighted by Gasteiger charge is 2.31. The summed E-state index contributed by atoms with van der Waals surface area (Å²) >= 11 is 6.27. The van der Waals surface area contributed by atoms with Gasteiger partial charge in [0.2, 0.25) is 5.95 Å². The minimum atomic E-state index is -4.43. The van der Waals surface area contributed by atoms with Crippen molar-refractivity contribution in [1.82, 2.24) is 19.9 Å². The molecule has 0 saturated heterocycles. The highest BCUT2D eigenvalue weighted by molar-refractivity contribution is 6.33. The lowest BCUT2D eigenvalue weighted by Gasteiger charge is -2.29. The lowest BCUT2D eigenvalue weighted by molar-refractivity contribution is -0.137. The van der Waals surface area contributed by atoms with E-state index in [1.54, 1.807) is 6.07 Å². The number of nitrogens with one attached hydrogen (secondary N) is 1. The summed E-state index contributed by atoms with van der Waals surface area (Å²) < 4.78 is 38.5. The molecule has 0 atom stereocenters. The number of pyridine rings is 2. The van der Waals surface area contributed by atoms with Gasteiger partial charge in [-0.05, 0) is 31.0 Å². The zero-order valence-electron chi connectivity index (χ0n) is 16.3. The number of aromatic nitrogens is 4. The molecular formula is C21H18ClF3N6. The standard InChI is InChI=1S/C21H18ClF3N6/c22-16-10-27-19(7-15(16)18-4-1-13(9-26-18)21(23,24)25)31-6-5-17-12(11-31)8-28-20(30-17)29-14-2-3-14/h1,4,7-10,14H,2-3,5-6,11H2,(H,28,29,30). The van der Waals surface area contributed by atoms with E-state index in [9.17, 15) is 13.2 Å². The molecule has 1 N–H and O–H groups in total. The normalized spacial score (nSPS) is 16.2. The quantitative estimate of drug-likeness (QED) is 0.624. The van der Waals surface area contributed by atoms with E-state index < -0.39 is 11.7 Å². The van der Waals surface area contributed by atoms with E-state index in [4.69, 9.17) is 11.6 Å². The van der Waals surface area contributed by atoms with Gasteiger partial charge < -0.3 is 10.2 Å². The van der Waals surface area contributed by atoms with E-state index in [0.29, 0.717) is 47.2 Å². The summed E-state index contributed by atoms with van der Waals surface area (Å²) in [4.78, 5) is 19.5. The number of hydrogen-bond acceptors (Lipinski definition) is 6. The van der Waals surface area contributed by atoms with E-state index in [-0.39, 0.29) is 0 Å². The molecule has 0 unspecified atom stereocenters. The van der Waals surface area contributed by atoms with Gasteiger partial charge >= 0.3 is 6.18 Å². The van der Waals surface area contributed by atoms with Crippen molar-refractivity contribution in [3.8, 4) is 11.3 Å². The summed E-state index contributed by atoms with van der Waals surface area (Å²) in [6, 6.07) is 4.57. The minimum Gasteiger partial charge on any atom is -0.352 e. The summed E-state index contributed by atoms with van der Waals surface area (Å²) in [5.41, 5.74) is 2.14. The zero-order valence-corrected chi connectivity index (χ0v) is 17.1. The van der Waals surface area contributed by atoms with Gasteiger partial charge in [0.25, 0.3) is 0 Å². The first-order valence-corrected chi connectivity index (χ1v) is 10.3. The largest absolute Gasteiger partial charge is 0.417 e. The molecule has 1 saturated carbocycles. The van der Waals surface area contributed by atoms with Crippen molar-refractivity contribution in [2.24, 2.45) is 0 Å². The summed E-state index contributed by atoms with van der Waals surface area (Å²) in [7, 11) is 0. The Morgan fingerprint density at radius 1 is 1.06 bits per heavy atom. The number of halogens is 4. The number of hydrogen-bond donors (Lipinski definition) is 1. The van der Waals surface area contributed by atoms with Gasteiger partial charge in [-0.15, -0.1) is 0 Å². The Hall–Kier alpha value is -2.94. The molecule has 1 aliphatic heterocycles. The zero-order chi connectivity index (χ0) is 21.6. The third-order valence-electron chi connectivity index (χ3n) is 5.38. The molecule has 6 nitrogen and oxygen atoms in total. The molecule has 0 radical (unpaired) electrons. The lowest BCUT2D eigenvalue weighted by Crippen LogP contribution is -2.32. The molecule has 1 aliphatic carbocycles. The van der Waals surface area contributed by atoms with Crippen molar-refractivity contribution in [1.29, 1.82) is 0 Å². The third kappa shape index (κ3) is 4.27. The SMILES string of the molecule is FC(F)(F)c1ccc(-c2cc(N3CCc4nc(NC5CC5)ncc4C3)ncc2Cl)nc1. The second kappa shape index (κ2) is 7.64. The fourth-order valence-corrected chi connectivity index (χ4v) is 3.71. The number of rotatable bonds is 4. The second-order valence-corrected chi connectivity index (χ2v) is 8.12. The molecule has 31 heavy (non-hydrogen) atoms. The molecule has 3 aromatic rings. The Labute approximate surface area is 181 Å². The molecule has 5 rings (SSSR count). The van der Waals surface area contributed by atoms with Crippen LogP contribution in [0.4, 0.5) is 24.9 Å². The molecule has 10 heteroatoms. The molecule has 0 spiro atoms. The lowest BCUT2D eigenvalue weighted by atomic mass is 10.1. The van der Waals surface area contributed by atoms with Crippen LogP contribution < -0.4 is 10.2 Å². The van der Waals surface area contributed by atoms with Gasteiger partial charge in [-0.2, -0.15) is 13.2 Å². The van der Waals surface area contributed by atoms with Gasteiger partial charge in [0.15, 0.2) is 0 Å².